The maximum atomic E-state index is 14.9. The second-order valence-corrected chi connectivity index (χ2v) is 9.78. The highest BCUT2D eigenvalue weighted by atomic mass is 19.3. The van der Waals surface area contributed by atoms with Crippen molar-refractivity contribution >= 4 is 11.7 Å². The van der Waals surface area contributed by atoms with E-state index in [4.69, 9.17) is 9.47 Å². The van der Waals surface area contributed by atoms with E-state index in [1.807, 2.05) is 32.6 Å². The maximum absolute atomic E-state index is 14.9. The van der Waals surface area contributed by atoms with Crippen LogP contribution >= 0.6 is 0 Å². The number of rotatable bonds is 13. The Bertz CT molecular complexity index is 618. The van der Waals surface area contributed by atoms with Gasteiger partial charge in [0, 0.05) is 25.8 Å². The average Bonchev–Trinajstić information content (AvgIpc) is 2.81. The van der Waals surface area contributed by atoms with Crippen molar-refractivity contribution in [2.75, 3.05) is 39.5 Å². The summed E-state index contributed by atoms with van der Waals surface area (Å²) in [5.74, 6) is -4.48. The Balaban J connectivity index is 0.00000578. The van der Waals surface area contributed by atoms with Crippen molar-refractivity contribution in [3.63, 3.8) is 0 Å². The van der Waals surface area contributed by atoms with Crippen LogP contribution in [0.1, 0.15) is 74.1 Å². The summed E-state index contributed by atoms with van der Waals surface area (Å²) >= 11 is 0. The highest BCUT2D eigenvalue weighted by Crippen LogP contribution is 2.37. The van der Waals surface area contributed by atoms with Crippen molar-refractivity contribution in [2.45, 2.75) is 90.7 Å². The second kappa shape index (κ2) is 13.7. The number of nitrogens with one attached hydrogen (secondary N) is 1. The molecule has 2 aliphatic rings. The molecule has 0 aromatic heterocycles. The number of alkyl halides is 2. The van der Waals surface area contributed by atoms with Gasteiger partial charge in [0.05, 0.1) is 32.5 Å². The molecule has 0 radical (unpaired) electrons. The summed E-state index contributed by atoms with van der Waals surface area (Å²) < 4.78 is 40.6. The van der Waals surface area contributed by atoms with Gasteiger partial charge in [0.2, 0.25) is 5.91 Å². The van der Waals surface area contributed by atoms with Gasteiger partial charge in [-0.05, 0) is 58.4 Å². The molecule has 1 saturated carbocycles. The van der Waals surface area contributed by atoms with Crippen LogP contribution in [0.2, 0.25) is 0 Å². The van der Waals surface area contributed by atoms with Crippen molar-refractivity contribution in [1.29, 1.82) is 0 Å². The fraction of sp³-hybridized carbons (Fsp3) is 0.920. The van der Waals surface area contributed by atoms with Gasteiger partial charge in [-0.2, -0.15) is 0 Å². The first-order chi connectivity index (χ1) is 15.7. The molecule has 194 valence electrons. The molecule has 2 fully saturated rings. The number of halogens is 2. The van der Waals surface area contributed by atoms with Gasteiger partial charge in [-0.3, -0.25) is 14.5 Å². The molecule has 3 atom stereocenters. The molecule has 0 aromatic rings. The highest BCUT2D eigenvalue weighted by Gasteiger charge is 2.49. The van der Waals surface area contributed by atoms with Gasteiger partial charge in [-0.15, -0.1) is 0 Å². The molecule has 1 aliphatic heterocycles. The monoisotopic (exact) mass is 476 g/mol. The number of hydrogen-bond donors (Lipinski definition) is 1. The van der Waals surface area contributed by atoms with E-state index in [1.54, 1.807) is 0 Å². The molecule has 33 heavy (non-hydrogen) atoms. The first-order valence-corrected chi connectivity index (χ1v) is 12.8. The van der Waals surface area contributed by atoms with Gasteiger partial charge in [-0.25, -0.2) is 8.78 Å². The number of hydrogen-bond acceptors (Lipinski definition) is 5. The van der Waals surface area contributed by atoms with E-state index >= 15 is 0 Å². The lowest BCUT2D eigenvalue weighted by atomic mass is 9.78. The van der Waals surface area contributed by atoms with Crippen LogP contribution in [-0.4, -0.2) is 74.1 Å². The number of Topliss-reactive ketones (excluding diaryl/α,β-unsaturated/α-hetero) is 1. The Labute approximate surface area is 199 Å². The summed E-state index contributed by atoms with van der Waals surface area (Å²) in [5, 5.41) is 2.61. The minimum absolute atomic E-state index is 0. The largest absolute Gasteiger partial charge is 0.377 e. The van der Waals surface area contributed by atoms with Crippen LogP contribution in [0, 0.1) is 17.8 Å². The third-order valence-electron chi connectivity index (χ3n) is 7.41. The minimum Gasteiger partial charge on any atom is -0.377 e. The van der Waals surface area contributed by atoms with Crippen LogP contribution in [0.5, 0.6) is 0 Å². The van der Waals surface area contributed by atoms with Gasteiger partial charge < -0.3 is 14.8 Å². The Hall–Kier alpha value is -1.12. The number of ether oxygens (including phenoxy) is 2. The van der Waals surface area contributed by atoms with Crippen LogP contribution in [0.25, 0.3) is 0 Å². The lowest BCUT2D eigenvalue weighted by Gasteiger charge is -2.43. The smallest absolute Gasteiger partial charge is 0.272 e. The number of nitrogens with zero attached hydrogens (tertiary/aromatic N) is 1. The Morgan fingerprint density at radius 2 is 1.76 bits per heavy atom. The summed E-state index contributed by atoms with van der Waals surface area (Å²) in [4.78, 5) is 26.7. The summed E-state index contributed by atoms with van der Waals surface area (Å²) in [5.41, 5.74) is 0. The summed E-state index contributed by atoms with van der Waals surface area (Å²) in [6.45, 7) is 9.52. The SMILES string of the molecule is CCC(C)OCCOCCNC(=O)C1CCN(C2CCC(C(=O)C(C)CC)CC2)CC1(F)F.[HH]. The average molecular weight is 477 g/mol. The van der Waals surface area contributed by atoms with Crippen molar-refractivity contribution in [3.8, 4) is 0 Å². The molecule has 2 rings (SSSR count). The molecule has 1 amide bonds. The predicted octanol–water partition coefficient (Wildman–Crippen LogP) is 4.31. The first-order valence-electron chi connectivity index (χ1n) is 12.8. The number of amides is 1. The van der Waals surface area contributed by atoms with Gasteiger partial charge in [0.1, 0.15) is 11.7 Å². The fourth-order valence-electron chi connectivity index (χ4n) is 4.83. The highest BCUT2D eigenvalue weighted by molar-refractivity contribution is 5.83. The van der Waals surface area contributed by atoms with E-state index in [9.17, 15) is 18.4 Å². The Morgan fingerprint density at radius 1 is 1.06 bits per heavy atom. The van der Waals surface area contributed by atoms with Crippen molar-refractivity contribution < 1.29 is 29.3 Å². The summed E-state index contributed by atoms with van der Waals surface area (Å²) in [7, 11) is 0. The number of carbonyl (C=O) groups excluding carboxylic acids is 2. The molecule has 0 aromatic carbocycles. The lowest BCUT2D eigenvalue weighted by molar-refractivity contribution is -0.155. The minimum atomic E-state index is -3.06. The standard InChI is InChI=1S/C25H44F2N2O4.H2/c1-5-18(3)23(30)20-7-9-21(10-8-20)29-13-11-22(25(26,27)17-29)24(31)28-12-14-32-15-16-33-19(4)6-2;/h18-22H,5-17H2,1-4H3,(H,28,31);1H. The van der Waals surface area contributed by atoms with Crippen molar-refractivity contribution in [3.05, 3.63) is 0 Å². The topological polar surface area (TPSA) is 67.9 Å². The third kappa shape index (κ3) is 8.55. The van der Waals surface area contributed by atoms with Crippen LogP contribution in [0.15, 0.2) is 0 Å². The first kappa shape index (κ1) is 28.1. The molecule has 0 spiro atoms. The second-order valence-electron chi connectivity index (χ2n) is 9.78. The zero-order valence-corrected chi connectivity index (χ0v) is 20.9. The number of ketones is 1. The molecule has 8 heteroatoms. The quantitative estimate of drug-likeness (QED) is 0.401. The summed E-state index contributed by atoms with van der Waals surface area (Å²) in [6.07, 6.45) is 5.22. The molecule has 1 N–H and O–H groups in total. The number of piperidine rings is 1. The molecular weight excluding hydrogens is 430 g/mol. The molecule has 1 saturated heterocycles. The molecular formula is C25H46F2N2O4. The Morgan fingerprint density at radius 3 is 2.36 bits per heavy atom. The van der Waals surface area contributed by atoms with Gasteiger partial charge >= 0.3 is 0 Å². The van der Waals surface area contributed by atoms with E-state index in [1.165, 1.54) is 0 Å². The van der Waals surface area contributed by atoms with Gasteiger partial charge in [-0.1, -0.05) is 20.8 Å². The third-order valence-corrected chi connectivity index (χ3v) is 7.41. The van der Waals surface area contributed by atoms with Crippen LogP contribution in [0.3, 0.4) is 0 Å². The van der Waals surface area contributed by atoms with Crippen molar-refractivity contribution in [1.82, 2.24) is 10.2 Å². The zero-order chi connectivity index (χ0) is 24.4. The lowest BCUT2D eigenvalue weighted by Crippen LogP contribution is -2.56. The van der Waals surface area contributed by atoms with E-state index in [0.29, 0.717) is 25.5 Å². The molecule has 1 aliphatic carbocycles. The molecule has 3 unspecified atom stereocenters. The fourth-order valence-corrected chi connectivity index (χ4v) is 4.83. The van der Waals surface area contributed by atoms with Gasteiger partial charge in [0.25, 0.3) is 5.92 Å². The van der Waals surface area contributed by atoms with Crippen LogP contribution in [0.4, 0.5) is 8.78 Å². The molecule has 1 heterocycles. The van der Waals surface area contributed by atoms with E-state index in [0.717, 1.165) is 38.5 Å². The van der Waals surface area contributed by atoms with E-state index in [2.05, 4.69) is 5.32 Å². The number of carbonyl (C=O) groups is 2. The zero-order valence-electron chi connectivity index (χ0n) is 20.9. The Kier molecular flexibility index (Phi) is 11.7. The molecule has 0 bridgehead atoms. The van der Waals surface area contributed by atoms with Crippen LogP contribution < -0.4 is 5.32 Å². The van der Waals surface area contributed by atoms with E-state index in [-0.39, 0.29) is 51.5 Å². The van der Waals surface area contributed by atoms with Crippen LogP contribution in [-0.2, 0) is 19.1 Å². The van der Waals surface area contributed by atoms with E-state index < -0.39 is 17.7 Å². The normalized spacial score (nSPS) is 27.6. The summed E-state index contributed by atoms with van der Waals surface area (Å²) in [6, 6.07) is 0.0758. The predicted molar refractivity (Wildman–Crippen MR) is 126 cm³/mol. The molecule has 6 nitrogen and oxygen atoms in total. The van der Waals surface area contributed by atoms with Crippen molar-refractivity contribution in [2.24, 2.45) is 17.8 Å². The maximum Gasteiger partial charge on any atom is 0.272 e. The number of likely N-dealkylation sites (tertiary alicyclic amines) is 1. The van der Waals surface area contributed by atoms with Gasteiger partial charge in [0.15, 0.2) is 0 Å².